The average Bonchev–Trinajstić information content (AvgIpc) is 2.46. The Morgan fingerprint density at radius 1 is 1.32 bits per heavy atom. The van der Waals surface area contributed by atoms with Crippen LogP contribution in [0.25, 0.3) is 5.69 Å². The Kier molecular flexibility index (Phi) is 4.68. The van der Waals surface area contributed by atoms with Crippen LogP contribution in [0.4, 0.5) is 4.39 Å². The van der Waals surface area contributed by atoms with Gasteiger partial charge in [-0.2, -0.15) is 0 Å². The average molecular weight is 328 g/mol. The summed E-state index contributed by atoms with van der Waals surface area (Å²) in [5.41, 5.74) is -0.840. The summed E-state index contributed by atoms with van der Waals surface area (Å²) < 4.78 is 20.6. The van der Waals surface area contributed by atoms with Gasteiger partial charge in [0.2, 0.25) is 0 Å². The Bertz CT molecular complexity index is 829. The van der Waals surface area contributed by atoms with Gasteiger partial charge in [-0.3, -0.25) is 4.79 Å². The maximum atomic E-state index is 14.2. The number of aryl methyl sites for hydroxylation is 1. The first kappa shape index (κ1) is 16.3. The van der Waals surface area contributed by atoms with Gasteiger partial charge in [-0.25, -0.2) is 18.4 Å². The van der Waals surface area contributed by atoms with E-state index < -0.39 is 17.1 Å². The minimum absolute atomic E-state index is 0.190. The van der Waals surface area contributed by atoms with Crippen molar-refractivity contribution in [1.29, 1.82) is 0 Å². The molecule has 1 aromatic heterocycles. The molecule has 0 bridgehead atoms. The first-order chi connectivity index (χ1) is 10.4. The van der Waals surface area contributed by atoms with E-state index in [4.69, 9.17) is 22.2 Å². The summed E-state index contributed by atoms with van der Waals surface area (Å²) >= 11 is 5.97. The molecule has 0 saturated carbocycles. The zero-order chi connectivity index (χ0) is 16.4. The van der Waals surface area contributed by atoms with E-state index in [0.29, 0.717) is 23.2 Å². The second-order valence-electron chi connectivity index (χ2n) is 4.75. The van der Waals surface area contributed by atoms with Gasteiger partial charge in [-0.1, -0.05) is 11.6 Å². The molecule has 1 heterocycles. The molecule has 118 valence electrons. The molecule has 8 heteroatoms. The molecule has 22 heavy (non-hydrogen) atoms. The van der Waals surface area contributed by atoms with Crippen LogP contribution in [0.3, 0.4) is 0 Å². The first-order valence-electron chi connectivity index (χ1n) is 6.44. The molecule has 0 atom stereocenters. The Hall–Kier alpha value is -2.12. The zero-order valence-electron chi connectivity index (χ0n) is 12.1. The standard InChI is InChI=1S/C14H15ClFN3O3/c1-8-5-13(20)18(14(21)19(8)17)12-6-9(3-4-22-2)10(15)7-11(12)16/h5-7H,3-4,17H2,1-2H3. The van der Waals surface area contributed by atoms with E-state index in [1.807, 2.05) is 0 Å². The number of rotatable bonds is 4. The third-order valence-electron chi connectivity index (χ3n) is 3.26. The number of halogens is 2. The maximum Gasteiger partial charge on any atom is 0.354 e. The Labute approximate surface area is 130 Å². The van der Waals surface area contributed by atoms with Crippen LogP contribution in [-0.2, 0) is 11.2 Å². The van der Waals surface area contributed by atoms with E-state index >= 15 is 0 Å². The van der Waals surface area contributed by atoms with Gasteiger partial charge in [0.25, 0.3) is 5.56 Å². The lowest BCUT2D eigenvalue weighted by atomic mass is 10.1. The molecule has 0 saturated heterocycles. The minimum Gasteiger partial charge on any atom is -0.384 e. The second kappa shape index (κ2) is 6.33. The van der Waals surface area contributed by atoms with Crippen LogP contribution in [0.1, 0.15) is 11.3 Å². The largest absolute Gasteiger partial charge is 0.384 e. The summed E-state index contributed by atoms with van der Waals surface area (Å²) in [5, 5.41) is 0.200. The molecule has 0 spiro atoms. The highest BCUT2D eigenvalue weighted by Crippen LogP contribution is 2.22. The summed E-state index contributed by atoms with van der Waals surface area (Å²) in [4.78, 5) is 24.2. The van der Waals surface area contributed by atoms with Crippen molar-refractivity contribution in [2.45, 2.75) is 13.3 Å². The molecule has 0 unspecified atom stereocenters. The fourth-order valence-corrected chi connectivity index (χ4v) is 2.29. The smallest absolute Gasteiger partial charge is 0.354 e. The monoisotopic (exact) mass is 327 g/mol. The van der Waals surface area contributed by atoms with E-state index in [1.165, 1.54) is 20.1 Å². The predicted molar refractivity (Wildman–Crippen MR) is 81.7 cm³/mol. The van der Waals surface area contributed by atoms with Gasteiger partial charge in [0, 0.05) is 23.9 Å². The van der Waals surface area contributed by atoms with E-state index in [1.54, 1.807) is 0 Å². The van der Waals surface area contributed by atoms with Gasteiger partial charge in [-0.05, 0) is 31.0 Å². The topological polar surface area (TPSA) is 79.2 Å². The van der Waals surface area contributed by atoms with Crippen LogP contribution in [0.15, 0.2) is 27.8 Å². The molecule has 6 nitrogen and oxygen atoms in total. The van der Waals surface area contributed by atoms with Crippen LogP contribution in [0.5, 0.6) is 0 Å². The van der Waals surface area contributed by atoms with Gasteiger partial charge in [0.1, 0.15) is 5.82 Å². The lowest BCUT2D eigenvalue weighted by Crippen LogP contribution is -2.43. The minimum atomic E-state index is -0.830. The lowest BCUT2D eigenvalue weighted by molar-refractivity contribution is 0.202. The van der Waals surface area contributed by atoms with E-state index in [2.05, 4.69) is 0 Å². The molecule has 0 fully saturated rings. The molecular formula is C14H15ClFN3O3. The predicted octanol–water partition coefficient (Wildman–Crippen LogP) is 1.00. The molecule has 0 radical (unpaired) electrons. The highest BCUT2D eigenvalue weighted by atomic mass is 35.5. The van der Waals surface area contributed by atoms with Gasteiger partial charge >= 0.3 is 5.69 Å². The highest BCUT2D eigenvalue weighted by Gasteiger charge is 2.15. The summed E-state index contributed by atoms with van der Waals surface area (Å²) in [7, 11) is 1.52. The van der Waals surface area contributed by atoms with Crippen LogP contribution < -0.4 is 17.1 Å². The fourth-order valence-electron chi connectivity index (χ4n) is 2.04. The summed E-state index contributed by atoms with van der Waals surface area (Å²) in [6.45, 7) is 1.88. The van der Waals surface area contributed by atoms with Crippen LogP contribution in [0.2, 0.25) is 5.02 Å². The van der Waals surface area contributed by atoms with Gasteiger partial charge in [0.05, 0.1) is 12.3 Å². The molecule has 0 aliphatic heterocycles. The number of aromatic nitrogens is 2. The van der Waals surface area contributed by atoms with Crippen molar-refractivity contribution < 1.29 is 9.13 Å². The van der Waals surface area contributed by atoms with Crippen LogP contribution in [0, 0.1) is 12.7 Å². The third-order valence-corrected chi connectivity index (χ3v) is 3.61. The molecule has 0 amide bonds. The summed E-state index contributed by atoms with van der Waals surface area (Å²) in [6, 6.07) is 3.58. The summed E-state index contributed by atoms with van der Waals surface area (Å²) in [6.07, 6.45) is 0.417. The molecule has 0 aliphatic rings. The number of hydrogen-bond acceptors (Lipinski definition) is 4. The van der Waals surface area contributed by atoms with Crippen molar-refractivity contribution in [1.82, 2.24) is 9.24 Å². The molecule has 2 rings (SSSR count). The van der Waals surface area contributed by atoms with Crippen molar-refractivity contribution >= 4 is 11.6 Å². The number of nitrogen functional groups attached to an aromatic ring is 1. The Morgan fingerprint density at radius 2 is 2.00 bits per heavy atom. The SMILES string of the molecule is COCCc1cc(-n2c(=O)cc(C)n(N)c2=O)c(F)cc1Cl. The van der Waals surface area contributed by atoms with Crippen LogP contribution in [-0.4, -0.2) is 23.0 Å². The normalized spacial score (nSPS) is 10.9. The molecule has 0 aliphatic carbocycles. The van der Waals surface area contributed by atoms with Crippen molar-refractivity contribution in [2.24, 2.45) is 0 Å². The number of ether oxygens (including phenoxy) is 1. The second-order valence-corrected chi connectivity index (χ2v) is 5.16. The Balaban J connectivity index is 2.71. The van der Waals surface area contributed by atoms with Crippen molar-refractivity contribution in [3.05, 3.63) is 61.1 Å². The van der Waals surface area contributed by atoms with E-state index in [-0.39, 0.29) is 16.4 Å². The molecule has 1 aromatic carbocycles. The highest BCUT2D eigenvalue weighted by molar-refractivity contribution is 6.31. The molecular weight excluding hydrogens is 313 g/mol. The number of methoxy groups -OCH3 is 1. The number of nitrogens with two attached hydrogens (primary N) is 1. The first-order valence-corrected chi connectivity index (χ1v) is 6.82. The molecule has 2 aromatic rings. The summed E-state index contributed by atoms with van der Waals surface area (Å²) in [5.74, 6) is 4.78. The third kappa shape index (κ3) is 2.90. The van der Waals surface area contributed by atoms with Crippen LogP contribution >= 0.6 is 11.6 Å². The van der Waals surface area contributed by atoms with Crippen molar-refractivity contribution in [2.75, 3.05) is 19.6 Å². The molecule has 2 N–H and O–H groups in total. The van der Waals surface area contributed by atoms with Gasteiger partial charge in [0.15, 0.2) is 0 Å². The van der Waals surface area contributed by atoms with Crippen molar-refractivity contribution in [3.63, 3.8) is 0 Å². The zero-order valence-corrected chi connectivity index (χ0v) is 12.9. The fraction of sp³-hybridized carbons (Fsp3) is 0.286. The lowest BCUT2D eigenvalue weighted by Gasteiger charge is -2.12. The number of benzene rings is 1. The van der Waals surface area contributed by atoms with Crippen molar-refractivity contribution in [3.8, 4) is 5.69 Å². The van der Waals surface area contributed by atoms with E-state index in [9.17, 15) is 14.0 Å². The number of nitrogens with zero attached hydrogens (tertiary/aromatic N) is 2. The Morgan fingerprint density at radius 3 is 2.64 bits per heavy atom. The maximum absolute atomic E-state index is 14.2. The number of hydrogen-bond donors (Lipinski definition) is 1. The van der Waals surface area contributed by atoms with Gasteiger partial charge < -0.3 is 10.6 Å². The van der Waals surface area contributed by atoms with E-state index in [0.717, 1.165) is 16.8 Å². The quantitative estimate of drug-likeness (QED) is 0.850. The van der Waals surface area contributed by atoms with Gasteiger partial charge in [-0.15, -0.1) is 0 Å².